The zero-order chi connectivity index (χ0) is 28.6. The van der Waals surface area contributed by atoms with Gasteiger partial charge in [-0.3, -0.25) is 4.90 Å². The first-order chi connectivity index (χ1) is 20.0. The summed E-state index contributed by atoms with van der Waals surface area (Å²) in [6.45, 7) is 9.25. The summed E-state index contributed by atoms with van der Waals surface area (Å²) in [6, 6.07) is 24.4. The van der Waals surface area contributed by atoms with E-state index in [1.807, 2.05) is 37.3 Å². The molecule has 0 aromatic heterocycles. The first kappa shape index (κ1) is 29.2. The second-order valence-corrected chi connectivity index (χ2v) is 10.8. The maximum absolute atomic E-state index is 11.9. The molecule has 3 aromatic rings. The van der Waals surface area contributed by atoms with Crippen LogP contribution in [-0.4, -0.2) is 61.5 Å². The molecule has 2 amide bonds. The predicted molar refractivity (Wildman–Crippen MR) is 158 cm³/mol. The Balaban J connectivity index is 1.38. The minimum absolute atomic E-state index is 0.0166. The molecule has 3 aromatic carbocycles. The highest BCUT2D eigenvalue weighted by Crippen LogP contribution is 2.42. The molecule has 5 rings (SSSR count). The summed E-state index contributed by atoms with van der Waals surface area (Å²) in [5, 5.41) is 15.2. The topological polar surface area (TPSA) is 92.3 Å². The Morgan fingerprint density at radius 3 is 2.37 bits per heavy atom. The van der Waals surface area contributed by atoms with Crippen molar-refractivity contribution in [2.24, 2.45) is 5.92 Å². The molecule has 0 radical (unpaired) electrons. The third kappa shape index (κ3) is 7.52. The molecule has 2 fully saturated rings. The number of nitrogens with one attached hydrogen (secondary N) is 2. The summed E-state index contributed by atoms with van der Waals surface area (Å²) in [4.78, 5) is 14.3. The van der Waals surface area contributed by atoms with Crippen LogP contribution in [0.3, 0.4) is 0 Å². The van der Waals surface area contributed by atoms with E-state index in [9.17, 15) is 9.90 Å². The molecular formula is C33H41N3O5. The molecule has 41 heavy (non-hydrogen) atoms. The van der Waals surface area contributed by atoms with Gasteiger partial charge in [0.1, 0.15) is 0 Å². The number of hydrogen-bond acceptors (Lipinski definition) is 6. The SMILES string of the molecule is CCNC(=O)NCc1cccc(-c2cccc([C@H]3O[C@@H](CN4CCOCC4)[C@@H](C)[C@@H](c4ccc(CO)cc4)O3)c2)c1. The highest BCUT2D eigenvalue weighted by molar-refractivity contribution is 5.74. The number of carbonyl (C=O) groups is 1. The minimum Gasteiger partial charge on any atom is -0.392 e. The van der Waals surface area contributed by atoms with E-state index in [1.165, 1.54) is 0 Å². The largest absolute Gasteiger partial charge is 0.392 e. The molecule has 8 nitrogen and oxygen atoms in total. The number of hydrogen-bond donors (Lipinski definition) is 3. The van der Waals surface area contributed by atoms with Crippen molar-refractivity contribution < 1.29 is 24.1 Å². The summed E-state index contributed by atoms with van der Waals surface area (Å²) in [6.07, 6.45) is -0.705. The van der Waals surface area contributed by atoms with E-state index in [1.54, 1.807) is 0 Å². The summed E-state index contributed by atoms with van der Waals surface area (Å²) in [5.41, 5.74) is 6.07. The Morgan fingerprint density at radius 1 is 0.902 bits per heavy atom. The molecule has 0 aliphatic carbocycles. The normalized spacial score (nSPS) is 23.2. The number of amides is 2. The number of rotatable bonds is 9. The van der Waals surface area contributed by atoms with Gasteiger partial charge < -0.3 is 30.0 Å². The van der Waals surface area contributed by atoms with Crippen LogP contribution in [0, 0.1) is 5.92 Å². The number of aliphatic hydroxyl groups excluding tert-OH is 1. The second-order valence-electron chi connectivity index (χ2n) is 10.8. The van der Waals surface area contributed by atoms with Crippen LogP contribution in [0.25, 0.3) is 11.1 Å². The average molecular weight is 560 g/mol. The van der Waals surface area contributed by atoms with Crippen molar-refractivity contribution in [1.29, 1.82) is 0 Å². The van der Waals surface area contributed by atoms with Crippen LogP contribution in [0.5, 0.6) is 0 Å². The summed E-state index contributed by atoms with van der Waals surface area (Å²) < 4.78 is 18.9. The van der Waals surface area contributed by atoms with Gasteiger partial charge in [-0.2, -0.15) is 0 Å². The molecule has 2 heterocycles. The van der Waals surface area contributed by atoms with Crippen molar-refractivity contribution in [2.75, 3.05) is 39.4 Å². The number of carbonyl (C=O) groups excluding carboxylic acids is 1. The van der Waals surface area contributed by atoms with Gasteiger partial charge in [0, 0.05) is 44.2 Å². The molecule has 2 aliphatic heterocycles. The fraction of sp³-hybridized carbons (Fsp3) is 0.424. The quantitative estimate of drug-likeness (QED) is 0.349. The number of urea groups is 1. The zero-order valence-electron chi connectivity index (χ0n) is 23.9. The van der Waals surface area contributed by atoms with Gasteiger partial charge in [0.15, 0.2) is 6.29 Å². The number of nitrogens with zero attached hydrogens (tertiary/aromatic N) is 1. The van der Waals surface area contributed by atoms with Gasteiger partial charge in [-0.05, 0) is 46.9 Å². The zero-order valence-corrected chi connectivity index (χ0v) is 23.9. The molecule has 3 N–H and O–H groups in total. The van der Waals surface area contributed by atoms with Crippen LogP contribution in [0.2, 0.25) is 0 Å². The molecule has 8 heteroatoms. The average Bonchev–Trinajstić information content (AvgIpc) is 3.02. The minimum atomic E-state index is -0.526. The Labute approximate surface area is 242 Å². The molecule has 2 saturated heterocycles. The third-order valence-electron chi connectivity index (χ3n) is 7.87. The van der Waals surface area contributed by atoms with Crippen LogP contribution in [0.1, 0.15) is 48.5 Å². The van der Waals surface area contributed by atoms with Crippen molar-refractivity contribution in [3.63, 3.8) is 0 Å². The van der Waals surface area contributed by atoms with Gasteiger partial charge in [0.2, 0.25) is 0 Å². The molecule has 0 spiro atoms. The van der Waals surface area contributed by atoms with E-state index in [0.717, 1.165) is 66.2 Å². The van der Waals surface area contributed by atoms with Crippen molar-refractivity contribution in [1.82, 2.24) is 15.5 Å². The fourth-order valence-electron chi connectivity index (χ4n) is 5.50. The van der Waals surface area contributed by atoms with Gasteiger partial charge in [-0.15, -0.1) is 0 Å². The number of ether oxygens (including phenoxy) is 3. The highest BCUT2D eigenvalue weighted by Gasteiger charge is 2.39. The first-order valence-electron chi connectivity index (χ1n) is 14.6. The molecule has 0 bridgehead atoms. The van der Waals surface area contributed by atoms with E-state index >= 15 is 0 Å². The monoisotopic (exact) mass is 559 g/mol. The van der Waals surface area contributed by atoms with Gasteiger partial charge in [-0.25, -0.2) is 4.79 Å². The summed E-state index contributed by atoms with van der Waals surface area (Å²) in [7, 11) is 0. The van der Waals surface area contributed by atoms with Gasteiger partial charge in [0.05, 0.1) is 32.0 Å². The van der Waals surface area contributed by atoms with E-state index < -0.39 is 6.29 Å². The van der Waals surface area contributed by atoms with E-state index in [2.05, 4.69) is 64.9 Å². The van der Waals surface area contributed by atoms with Crippen LogP contribution >= 0.6 is 0 Å². The number of benzene rings is 3. The molecule has 218 valence electrons. The van der Waals surface area contributed by atoms with Gasteiger partial charge >= 0.3 is 6.03 Å². The molecule has 2 aliphatic rings. The van der Waals surface area contributed by atoms with Crippen molar-refractivity contribution >= 4 is 6.03 Å². The Hall–Kier alpha value is -3.27. The van der Waals surface area contributed by atoms with Crippen LogP contribution in [0.4, 0.5) is 4.79 Å². The lowest BCUT2D eigenvalue weighted by molar-refractivity contribution is -0.277. The molecule has 4 atom stereocenters. The van der Waals surface area contributed by atoms with E-state index in [0.29, 0.717) is 13.1 Å². The Kier molecular flexibility index (Phi) is 10.0. The third-order valence-corrected chi connectivity index (χ3v) is 7.87. The summed E-state index contributed by atoms with van der Waals surface area (Å²) >= 11 is 0. The van der Waals surface area contributed by atoms with Crippen molar-refractivity contribution in [2.45, 2.75) is 45.5 Å². The van der Waals surface area contributed by atoms with Crippen LogP contribution < -0.4 is 10.6 Å². The standard InChI is InChI=1S/C33H41N3O5/c1-3-34-33(38)35-20-25-6-4-7-27(18-25)28-8-5-9-29(19-28)32-40-30(21-36-14-16-39-17-15-36)23(2)31(41-32)26-12-10-24(22-37)11-13-26/h4-13,18-19,23,30-32,37H,3,14-17,20-22H2,1-2H3,(H2,34,35,38)/t23-,30+,31+,32+/m1/s1. The first-order valence-corrected chi connectivity index (χ1v) is 14.6. The highest BCUT2D eigenvalue weighted by atomic mass is 16.7. The van der Waals surface area contributed by atoms with Crippen molar-refractivity contribution in [3.8, 4) is 11.1 Å². The lowest BCUT2D eigenvalue weighted by Crippen LogP contribution is -2.47. The maximum atomic E-state index is 11.9. The van der Waals surface area contributed by atoms with Gasteiger partial charge in [0.25, 0.3) is 0 Å². The second kappa shape index (κ2) is 14.1. The Bertz CT molecular complexity index is 1280. The molecule has 0 unspecified atom stereocenters. The molecular weight excluding hydrogens is 518 g/mol. The van der Waals surface area contributed by atoms with Gasteiger partial charge in [-0.1, -0.05) is 67.6 Å². The summed E-state index contributed by atoms with van der Waals surface area (Å²) in [5.74, 6) is 0.131. The predicted octanol–water partition coefficient (Wildman–Crippen LogP) is 4.79. The number of morpholine rings is 1. The smallest absolute Gasteiger partial charge is 0.315 e. The van der Waals surface area contributed by atoms with E-state index in [4.69, 9.17) is 14.2 Å². The lowest BCUT2D eigenvalue weighted by atomic mass is 9.89. The lowest BCUT2D eigenvalue weighted by Gasteiger charge is -2.43. The van der Waals surface area contributed by atoms with Crippen LogP contribution in [0.15, 0.2) is 72.8 Å². The fourth-order valence-corrected chi connectivity index (χ4v) is 5.50. The maximum Gasteiger partial charge on any atom is 0.315 e. The van der Waals surface area contributed by atoms with Crippen molar-refractivity contribution in [3.05, 3.63) is 95.1 Å². The number of aliphatic hydroxyl groups is 1. The Morgan fingerprint density at radius 2 is 1.63 bits per heavy atom. The van der Waals surface area contributed by atoms with Crippen LogP contribution in [-0.2, 0) is 27.4 Å². The molecule has 0 saturated carbocycles. The van der Waals surface area contributed by atoms with E-state index in [-0.39, 0.29) is 30.8 Å².